The van der Waals surface area contributed by atoms with Crippen molar-refractivity contribution in [2.75, 3.05) is 18.0 Å². The number of piperidine rings is 1. The zero-order valence-corrected chi connectivity index (χ0v) is 11.7. The van der Waals surface area contributed by atoms with Crippen LogP contribution in [0, 0.1) is 12.8 Å². The van der Waals surface area contributed by atoms with E-state index < -0.39 is 12.1 Å². The number of benzene rings is 1. The molecule has 0 atom stereocenters. The number of halogens is 3. The Hall–Kier alpha value is -1.92. The number of nitrogens with zero attached hydrogens (tertiary/aromatic N) is 2. The summed E-state index contributed by atoms with van der Waals surface area (Å²) in [7, 11) is 0. The number of alkyl halides is 3. The molecule has 0 aliphatic carbocycles. The van der Waals surface area contributed by atoms with Crippen LogP contribution in [0.1, 0.15) is 24.0 Å². The van der Waals surface area contributed by atoms with Crippen molar-refractivity contribution in [3.63, 3.8) is 0 Å². The highest BCUT2D eigenvalue weighted by molar-refractivity contribution is 5.98. The van der Waals surface area contributed by atoms with E-state index in [1.165, 1.54) is 0 Å². The number of amidine groups is 1. The fourth-order valence-electron chi connectivity index (χ4n) is 2.65. The topological polar surface area (TPSA) is 61.8 Å². The first kappa shape index (κ1) is 15.5. The number of oxime groups is 1. The van der Waals surface area contributed by atoms with Gasteiger partial charge in [-0.2, -0.15) is 13.2 Å². The molecule has 1 aromatic rings. The molecule has 0 bridgehead atoms. The lowest BCUT2D eigenvalue weighted by atomic mass is 9.95. The zero-order chi connectivity index (χ0) is 15.6. The molecule has 3 N–H and O–H groups in total. The van der Waals surface area contributed by atoms with Crippen LogP contribution in [0.5, 0.6) is 0 Å². The van der Waals surface area contributed by atoms with E-state index in [1.807, 2.05) is 17.9 Å². The van der Waals surface area contributed by atoms with Crippen molar-refractivity contribution in [2.24, 2.45) is 16.8 Å². The number of hydrogen-bond donors (Lipinski definition) is 2. The van der Waals surface area contributed by atoms with Gasteiger partial charge in [0.25, 0.3) is 0 Å². The smallest absolute Gasteiger partial charge is 0.391 e. The standard InChI is InChI=1S/C14H18F3N3O/c1-9-8-11(2-3-12(9)13(18)19-21)20-6-4-10(5-7-20)14(15,16)17/h2-3,8,10,21H,4-7H2,1H3,(H2,18,19). The molecule has 0 amide bonds. The van der Waals surface area contributed by atoms with Crippen molar-refractivity contribution in [2.45, 2.75) is 25.9 Å². The third-order valence-corrected chi connectivity index (χ3v) is 3.92. The number of aryl methyl sites for hydroxylation is 1. The van der Waals surface area contributed by atoms with Gasteiger partial charge in [-0.05, 0) is 43.5 Å². The lowest BCUT2D eigenvalue weighted by Crippen LogP contribution is -2.39. The zero-order valence-electron chi connectivity index (χ0n) is 11.7. The molecule has 7 heteroatoms. The fraction of sp³-hybridized carbons (Fsp3) is 0.500. The second kappa shape index (κ2) is 5.83. The molecule has 1 aromatic carbocycles. The van der Waals surface area contributed by atoms with E-state index in [9.17, 15) is 13.2 Å². The summed E-state index contributed by atoms with van der Waals surface area (Å²) in [5.74, 6) is -1.18. The molecule has 2 rings (SSSR count). The van der Waals surface area contributed by atoms with Gasteiger partial charge in [-0.1, -0.05) is 5.16 Å². The molecule has 1 saturated heterocycles. The van der Waals surface area contributed by atoms with E-state index in [0.717, 1.165) is 11.3 Å². The van der Waals surface area contributed by atoms with Crippen LogP contribution >= 0.6 is 0 Å². The van der Waals surface area contributed by atoms with E-state index in [2.05, 4.69) is 5.16 Å². The number of nitrogens with two attached hydrogens (primary N) is 1. The second-order valence-corrected chi connectivity index (χ2v) is 5.29. The fourth-order valence-corrected chi connectivity index (χ4v) is 2.65. The van der Waals surface area contributed by atoms with E-state index in [0.29, 0.717) is 18.7 Å². The molecule has 1 fully saturated rings. The van der Waals surface area contributed by atoms with Gasteiger partial charge in [-0.15, -0.1) is 0 Å². The Bertz CT molecular complexity index is 535. The summed E-state index contributed by atoms with van der Waals surface area (Å²) in [6, 6.07) is 5.35. The maximum absolute atomic E-state index is 12.6. The van der Waals surface area contributed by atoms with Crippen LogP contribution < -0.4 is 10.6 Å². The normalized spacial score (nSPS) is 18.1. The molecular weight excluding hydrogens is 283 g/mol. The highest BCUT2D eigenvalue weighted by Crippen LogP contribution is 2.35. The predicted octanol–water partition coefficient (Wildman–Crippen LogP) is 2.87. The molecule has 1 aliphatic heterocycles. The Morgan fingerprint density at radius 1 is 1.33 bits per heavy atom. The summed E-state index contributed by atoms with van der Waals surface area (Å²) < 4.78 is 37.9. The first-order valence-electron chi connectivity index (χ1n) is 6.73. The van der Waals surface area contributed by atoms with Crippen LogP contribution in [0.3, 0.4) is 0 Å². The highest BCUT2D eigenvalue weighted by atomic mass is 19.4. The van der Waals surface area contributed by atoms with Crippen LogP contribution in [0.25, 0.3) is 0 Å². The van der Waals surface area contributed by atoms with Gasteiger partial charge in [0.2, 0.25) is 0 Å². The van der Waals surface area contributed by atoms with E-state index in [-0.39, 0.29) is 18.7 Å². The molecule has 0 radical (unpaired) electrons. The van der Waals surface area contributed by atoms with Gasteiger partial charge in [-0.3, -0.25) is 0 Å². The summed E-state index contributed by atoms with van der Waals surface area (Å²) in [5, 5.41) is 11.6. The van der Waals surface area contributed by atoms with Crippen LogP contribution in [-0.4, -0.2) is 30.3 Å². The lowest BCUT2D eigenvalue weighted by Gasteiger charge is -2.34. The lowest BCUT2D eigenvalue weighted by molar-refractivity contribution is -0.179. The van der Waals surface area contributed by atoms with Crippen LogP contribution in [-0.2, 0) is 0 Å². The number of hydrogen-bond acceptors (Lipinski definition) is 3. The number of rotatable bonds is 2. The van der Waals surface area contributed by atoms with Crippen molar-refractivity contribution in [3.05, 3.63) is 29.3 Å². The average molecular weight is 301 g/mol. The third kappa shape index (κ3) is 3.40. The van der Waals surface area contributed by atoms with E-state index >= 15 is 0 Å². The van der Waals surface area contributed by atoms with Gasteiger partial charge in [0.05, 0.1) is 5.92 Å². The van der Waals surface area contributed by atoms with E-state index in [4.69, 9.17) is 10.9 Å². The van der Waals surface area contributed by atoms with Crippen LogP contribution in [0.4, 0.5) is 18.9 Å². The molecule has 4 nitrogen and oxygen atoms in total. The Morgan fingerprint density at radius 3 is 2.43 bits per heavy atom. The molecule has 0 unspecified atom stereocenters. The Morgan fingerprint density at radius 2 is 1.95 bits per heavy atom. The van der Waals surface area contributed by atoms with Crippen molar-refractivity contribution in [3.8, 4) is 0 Å². The molecule has 116 valence electrons. The van der Waals surface area contributed by atoms with E-state index in [1.54, 1.807) is 12.1 Å². The molecule has 0 aromatic heterocycles. The first-order chi connectivity index (χ1) is 9.82. The van der Waals surface area contributed by atoms with Gasteiger partial charge in [0.15, 0.2) is 5.84 Å². The maximum Gasteiger partial charge on any atom is 0.391 e. The largest absolute Gasteiger partial charge is 0.409 e. The molecule has 1 heterocycles. The minimum absolute atomic E-state index is 0.0230. The Balaban J connectivity index is 2.09. The molecule has 1 aliphatic rings. The van der Waals surface area contributed by atoms with Gasteiger partial charge in [0.1, 0.15) is 0 Å². The van der Waals surface area contributed by atoms with Gasteiger partial charge in [0, 0.05) is 24.3 Å². The van der Waals surface area contributed by atoms with Crippen molar-refractivity contribution < 1.29 is 18.4 Å². The van der Waals surface area contributed by atoms with Gasteiger partial charge in [-0.25, -0.2) is 0 Å². The quantitative estimate of drug-likeness (QED) is 0.382. The highest BCUT2D eigenvalue weighted by Gasteiger charge is 2.41. The summed E-state index contributed by atoms with van der Waals surface area (Å²) in [5.41, 5.74) is 7.85. The summed E-state index contributed by atoms with van der Waals surface area (Å²) >= 11 is 0. The molecular formula is C14H18F3N3O. The number of anilines is 1. The SMILES string of the molecule is Cc1cc(N2CCC(C(F)(F)F)CC2)ccc1/C(N)=N/O. The monoisotopic (exact) mass is 301 g/mol. The Kier molecular flexibility index (Phi) is 4.29. The summed E-state index contributed by atoms with van der Waals surface area (Å²) in [4.78, 5) is 1.94. The van der Waals surface area contributed by atoms with Crippen molar-refractivity contribution in [1.82, 2.24) is 0 Å². The van der Waals surface area contributed by atoms with Crippen molar-refractivity contribution >= 4 is 11.5 Å². The predicted molar refractivity (Wildman–Crippen MR) is 74.7 cm³/mol. The Labute approximate surface area is 121 Å². The summed E-state index contributed by atoms with van der Waals surface area (Å²) in [6.45, 7) is 2.58. The minimum atomic E-state index is -4.10. The third-order valence-electron chi connectivity index (χ3n) is 3.92. The van der Waals surface area contributed by atoms with Gasteiger partial charge >= 0.3 is 6.18 Å². The molecule has 21 heavy (non-hydrogen) atoms. The molecule has 0 saturated carbocycles. The van der Waals surface area contributed by atoms with Gasteiger partial charge < -0.3 is 15.8 Å². The van der Waals surface area contributed by atoms with Crippen LogP contribution in [0.2, 0.25) is 0 Å². The second-order valence-electron chi connectivity index (χ2n) is 5.29. The van der Waals surface area contributed by atoms with Crippen LogP contribution in [0.15, 0.2) is 23.4 Å². The maximum atomic E-state index is 12.6. The summed E-state index contributed by atoms with van der Waals surface area (Å²) in [6.07, 6.45) is -3.87. The molecule has 0 spiro atoms. The average Bonchev–Trinajstić information content (AvgIpc) is 2.45. The minimum Gasteiger partial charge on any atom is -0.409 e. The first-order valence-corrected chi connectivity index (χ1v) is 6.73. The van der Waals surface area contributed by atoms with Crippen molar-refractivity contribution in [1.29, 1.82) is 0 Å².